The van der Waals surface area contributed by atoms with Gasteiger partial charge in [0.25, 0.3) is 10.0 Å². The minimum atomic E-state index is -4.50. The Morgan fingerprint density at radius 2 is 1.86 bits per heavy atom. The average molecular weight is 655 g/mol. The highest BCUT2D eigenvalue weighted by Crippen LogP contribution is 2.32. The van der Waals surface area contributed by atoms with Crippen molar-refractivity contribution in [3.05, 3.63) is 71.1 Å². The lowest BCUT2D eigenvalue weighted by molar-refractivity contribution is -0.137. The number of likely N-dealkylation sites (N-methyl/N-ethyl adjacent to an activating group) is 1. The summed E-state index contributed by atoms with van der Waals surface area (Å²) in [6.07, 6.45) is -5.29. The maximum absolute atomic E-state index is 13.4. The van der Waals surface area contributed by atoms with Crippen LogP contribution in [0, 0.1) is 5.92 Å². The maximum atomic E-state index is 13.4. The molecule has 0 radical (unpaired) electrons. The highest BCUT2D eigenvalue weighted by Gasteiger charge is 2.33. The molecule has 3 atom stereocenters. The monoisotopic (exact) mass is 654 g/mol. The molecule has 1 aliphatic heterocycles. The van der Waals surface area contributed by atoms with Gasteiger partial charge in [0.1, 0.15) is 16.1 Å². The first-order valence-corrected chi connectivity index (χ1v) is 16.0. The fourth-order valence-corrected chi connectivity index (χ4v) is 6.69. The summed E-state index contributed by atoms with van der Waals surface area (Å²) in [6, 6.07) is 10.7. The van der Waals surface area contributed by atoms with Crippen molar-refractivity contribution in [2.24, 2.45) is 5.92 Å². The van der Waals surface area contributed by atoms with Crippen molar-refractivity contribution in [1.82, 2.24) is 9.80 Å². The molecule has 2 heterocycles. The molecule has 1 aliphatic rings. The predicted molar refractivity (Wildman–Crippen MR) is 160 cm³/mol. The summed E-state index contributed by atoms with van der Waals surface area (Å²) >= 11 is 1.06. The van der Waals surface area contributed by atoms with Crippen LogP contribution < -0.4 is 14.8 Å². The van der Waals surface area contributed by atoms with Gasteiger partial charge in [-0.3, -0.25) is 9.52 Å². The number of halogens is 3. The van der Waals surface area contributed by atoms with Crippen LogP contribution >= 0.6 is 11.3 Å². The minimum Gasteiger partial charge on any atom is -0.488 e. The summed E-state index contributed by atoms with van der Waals surface area (Å²) in [4.78, 5) is 29.2. The fraction of sp³-hybridized carbons (Fsp3) is 0.379. The normalized spacial score (nSPS) is 18.2. The number of urea groups is 1. The first-order chi connectivity index (χ1) is 20.7. The van der Waals surface area contributed by atoms with Crippen molar-refractivity contribution in [1.29, 1.82) is 0 Å². The second-order valence-corrected chi connectivity index (χ2v) is 13.5. The molecule has 1 aromatic heterocycles. The lowest BCUT2D eigenvalue weighted by Crippen LogP contribution is -2.48. The molecule has 3 amide bonds. The average Bonchev–Trinajstić information content (AvgIpc) is 3.52. The zero-order valence-corrected chi connectivity index (χ0v) is 25.8. The van der Waals surface area contributed by atoms with Crippen molar-refractivity contribution in [3.8, 4) is 5.75 Å². The van der Waals surface area contributed by atoms with E-state index in [1.165, 1.54) is 35.0 Å². The standard InChI is InChI=1S/C29H33F3N4O6S2/c1-18-15-36(19(2)17-37)26(38)14-20-13-23(34-44(40,41)27-5-4-12-43-27)10-11-24(20)42-25(18)16-35(3)28(39)33-22-8-6-21(7-9-22)29(30,31)32/h4-13,18-19,25,34,37H,14-17H2,1-3H3,(H,33,39)/t18-,19-,25+/m1/s1. The number of hydrogen-bond donors (Lipinski definition) is 3. The molecule has 0 unspecified atom stereocenters. The van der Waals surface area contributed by atoms with Crippen LogP contribution in [0.15, 0.2) is 64.2 Å². The van der Waals surface area contributed by atoms with E-state index in [1.54, 1.807) is 24.4 Å². The fourth-order valence-electron chi connectivity index (χ4n) is 4.65. The number of nitrogens with zero attached hydrogens (tertiary/aromatic N) is 2. The number of carbonyl (C=O) groups excluding carboxylic acids is 2. The Kier molecular flexibility index (Phi) is 10.1. The van der Waals surface area contributed by atoms with Gasteiger partial charge in [-0.25, -0.2) is 13.2 Å². The SMILES string of the molecule is C[C@@H]1CN([C@H](C)CO)C(=O)Cc2cc(NS(=O)(=O)c3cccs3)ccc2O[C@H]1CN(C)C(=O)Nc1ccc(C(F)(F)F)cc1. The van der Waals surface area contributed by atoms with Crippen LogP contribution in [-0.4, -0.2) is 74.2 Å². The van der Waals surface area contributed by atoms with Gasteiger partial charge >= 0.3 is 12.2 Å². The van der Waals surface area contributed by atoms with Gasteiger partial charge in [-0.15, -0.1) is 11.3 Å². The molecule has 0 fully saturated rings. The third-order valence-electron chi connectivity index (χ3n) is 7.19. The Labute approximate surface area is 257 Å². The van der Waals surface area contributed by atoms with Gasteiger partial charge in [0.05, 0.1) is 31.2 Å². The summed E-state index contributed by atoms with van der Waals surface area (Å²) in [7, 11) is -2.35. The zero-order valence-electron chi connectivity index (χ0n) is 24.2. The van der Waals surface area contributed by atoms with Crippen LogP contribution in [0.2, 0.25) is 0 Å². The molecule has 44 heavy (non-hydrogen) atoms. The Hall–Kier alpha value is -3.82. The number of aliphatic hydroxyl groups excluding tert-OH is 1. The van der Waals surface area contributed by atoms with Crippen molar-refractivity contribution in [2.45, 2.75) is 42.8 Å². The van der Waals surface area contributed by atoms with Crippen molar-refractivity contribution >= 4 is 44.7 Å². The van der Waals surface area contributed by atoms with Gasteiger partial charge in [-0.1, -0.05) is 13.0 Å². The van der Waals surface area contributed by atoms with Gasteiger partial charge in [0.15, 0.2) is 0 Å². The number of anilines is 2. The first-order valence-electron chi connectivity index (χ1n) is 13.6. The molecule has 0 saturated heterocycles. The van der Waals surface area contributed by atoms with Crippen molar-refractivity contribution in [2.75, 3.05) is 36.8 Å². The van der Waals surface area contributed by atoms with Gasteiger partial charge in [0, 0.05) is 36.4 Å². The molecule has 10 nitrogen and oxygen atoms in total. The van der Waals surface area contributed by atoms with E-state index in [2.05, 4.69) is 10.0 Å². The van der Waals surface area contributed by atoms with Crippen LogP contribution in [-0.2, 0) is 27.4 Å². The van der Waals surface area contributed by atoms with Crippen molar-refractivity contribution in [3.63, 3.8) is 0 Å². The molecule has 0 bridgehead atoms. The largest absolute Gasteiger partial charge is 0.488 e. The molecule has 15 heteroatoms. The van der Waals surface area contributed by atoms with E-state index >= 15 is 0 Å². The minimum absolute atomic E-state index is 0.0371. The number of rotatable bonds is 8. The predicted octanol–water partition coefficient (Wildman–Crippen LogP) is 4.88. The number of amides is 3. The number of carbonyl (C=O) groups is 2. The van der Waals surface area contributed by atoms with Gasteiger partial charge in [-0.2, -0.15) is 13.2 Å². The number of hydrogen-bond acceptors (Lipinski definition) is 7. The van der Waals surface area contributed by atoms with Gasteiger partial charge < -0.3 is 25.0 Å². The highest BCUT2D eigenvalue weighted by molar-refractivity contribution is 7.94. The number of sulfonamides is 1. The van der Waals surface area contributed by atoms with E-state index < -0.39 is 39.9 Å². The molecular weight excluding hydrogens is 621 g/mol. The summed E-state index contributed by atoms with van der Waals surface area (Å²) in [5.74, 6) is -0.308. The lowest BCUT2D eigenvalue weighted by atomic mass is 10.0. The Morgan fingerprint density at radius 1 is 1.18 bits per heavy atom. The second kappa shape index (κ2) is 13.4. The molecule has 0 spiro atoms. The van der Waals surface area contributed by atoms with E-state index in [0.29, 0.717) is 11.3 Å². The molecule has 238 valence electrons. The van der Waals surface area contributed by atoms with Crippen LogP contribution in [0.1, 0.15) is 25.0 Å². The Balaban J connectivity index is 1.58. The smallest absolute Gasteiger partial charge is 0.416 e. The molecular formula is C29H33F3N4O6S2. The van der Waals surface area contributed by atoms with Gasteiger partial charge in [0.2, 0.25) is 5.91 Å². The third-order valence-corrected chi connectivity index (χ3v) is 9.97. The highest BCUT2D eigenvalue weighted by atomic mass is 32.2. The van der Waals surface area contributed by atoms with Crippen LogP contribution in [0.3, 0.4) is 0 Å². The molecule has 0 aliphatic carbocycles. The quantitative estimate of drug-likeness (QED) is 0.318. The number of thiophene rings is 1. The van der Waals surface area contributed by atoms with E-state index in [-0.39, 0.29) is 53.5 Å². The van der Waals surface area contributed by atoms with Crippen LogP contribution in [0.25, 0.3) is 0 Å². The summed E-state index contributed by atoms with van der Waals surface area (Å²) < 4.78 is 73.3. The second-order valence-electron chi connectivity index (χ2n) is 10.6. The first kappa shape index (κ1) is 33.1. The lowest BCUT2D eigenvalue weighted by Gasteiger charge is -2.34. The summed E-state index contributed by atoms with van der Waals surface area (Å²) in [5, 5.41) is 14.1. The number of fused-ring (bicyclic) bond motifs is 1. The maximum Gasteiger partial charge on any atom is 0.416 e. The molecule has 4 rings (SSSR count). The molecule has 0 saturated carbocycles. The Bertz CT molecular complexity index is 1570. The number of alkyl halides is 3. The molecule has 3 aromatic rings. The third kappa shape index (κ3) is 8.01. The Morgan fingerprint density at radius 3 is 2.48 bits per heavy atom. The topological polar surface area (TPSA) is 128 Å². The number of ether oxygens (including phenoxy) is 1. The molecule has 3 N–H and O–H groups in total. The number of benzene rings is 2. The summed E-state index contributed by atoms with van der Waals surface area (Å²) in [5.41, 5.74) is -0.0246. The number of aliphatic hydroxyl groups is 1. The summed E-state index contributed by atoms with van der Waals surface area (Å²) in [6.45, 7) is 3.49. The molecule has 2 aromatic carbocycles. The van der Waals surface area contributed by atoms with Gasteiger partial charge in [-0.05, 0) is 60.8 Å². The van der Waals surface area contributed by atoms with Crippen molar-refractivity contribution < 1.29 is 41.0 Å². The van der Waals surface area contributed by atoms with E-state index in [4.69, 9.17) is 4.74 Å². The van der Waals surface area contributed by atoms with Crippen LogP contribution in [0.4, 0.5) is 29.3 Å². The van der Waals surface area contributed by atoms with E-state index in [1.807, 2.05) is 6.92 Å². The van der Waals surface area contributed by atoms with E-state index in [9.17, 15) is 36.3 Å². The zero-order chi connectivity index (χ0) is 32.2. The number of nitrogens with one attached hydrogen (secondary N) is 2. The van der Waals surface area contributed by atoms with E-state index in [0.717, 1.165) is 35.6 Å². The van der Waals surface area contributed by atoms with Crippen LogP contribution in [0.5, 0.6) is 5.75 Å².